The number of hydrogen-bond donors (Lipinski definition) is 1. The van der Waals surface area contributed by atoms with Gasteiger partial charge >= 0.3 is 0 Å². The van der Waals surface area contributed by atoms with Gasteiger partial charge in [0.15, 0.2) is 6.61 Å². The number of aryl methyl sites for hydroxylation is 2. The van der Waals surface area contributed by atoms with E-state index in [9.17, 15) is 14.7 Å². The van der Waals surface area contributed by atoms with Gasteiger partial charge in [-0.1, -0.05) is 29.8 Å². The van der Waals surface area contributed by atoms with E-state index < -0.39 is 5.41 Å². The summed E-state index contributed by atoms with van der Waals surface area (Å²) in [6, 6.07) is 13.1. The number of halogens is 1. The second-order valence-electron chi connectivity index (χ2n) is 10.5. The molecule has 1 atom stereocenters. The Hall–Kier alpha value is -2.77. The smallest absolute Gasteiger partial charge is 0.260 e. The second-order valence-corrected chi connectivity index (χ2v) is 10.8. The largest absolute Gasteiger partial charge is 0.493 e. The number of hydrogen-bond acceptors (Lipinski definition) is 5. The van der Waals surface area contributed by atoms with Crippen LogP contribution in [0, 0.1) is 19.3 Å². The predicted molar refractivity (Wildman–Crippen MR) is 143 cm³/mol. The SMILES string of the molecule is Cc1cc(OC[C@]2(CC(=O)N3CCC(O)CC3)CCCN(C(=O)COc3ccccc3)C2)cc(C)c1Cl. The minimum absolute atomic E-state index is 0.0471. The van der Waals surface area contributed by atoms with E-state index >= 15 is 0 Å². The number of carbonyl (C=O) groups is 2. The van der Waals surface area contributed by atoms with Gasteiger partial charge in [-0.05, 0) is 74.9 Å². The van der Waals surface area contributed by atoms with Crippen molar-refractivity contribution in [1.29, 1.82) is 0 Å². The molecular formula is C29H37ClN2O5. The van der Waals surface area contributed by atoms with Crippen LogP contribution in [-0.4, -0.2) is 72.2 Å². The Bertz CT molecular complexity index is 1060. The van der Waals surface area contributed by atoms with Crippen molar-refractivity contribution < 1.29 is 24.2 Å². The van der Waals surface area contributed by atoms with Crippen molar-refractivity contribution in [1.82, 2.24) is 9.80 Å². The third kappa shape index (κ3) is 7.17. The van der Waals surface area contributed by atoms with Crippen LogP contribution < -0.4 is 9.47 Å². The lowest BCUT2D eigenvalue weighted by Crippen LogP contribution is -2.52. The maximum atomic E-state index is 13.4. The summed E-state index contributed by atoms with van der Waals surface area (Å²) in [7, 11) is 0. The Labute approximate surface area is 224 Å². The monoisotopic (exact) mass is 528 g/mol. The molecule has 4 rings (SSSR count). The highest BCUT2D eigenvalue weighted by Crippen LogP contribution is 2.36. The van der Waals surface area contributed by atoms with Crippen molar-refractivity contribution in [2.45, 2.75) is 52.1 Å². The zero-order valence-corrected chi connectivity index (χ0v) is 22.5. The number of aliphatic hydroxyl groups is 1. The van der Waals surface area contributed by atoms with Crippen molar-refractivity contribution in [3.05, 3.63) is 58.6 Å². The van der Waals surface area contributed by atoms with Gasteiger partial charge in [0.2, 0.25) is 5.91 Å². The molecular weight excluding hydrogens is 492 g/mol. The van der Waals surface area contributed by atoms with Crippen molar-refractivity contribution in [2.75, 3.05) is 39.4 Å². The quantitative estimate of drug-likeness (QED) is 0.549. The summed E-state index contributed by atoms with van der Waals surface area (Å²) in [5.74, 6) is 1.31. The molecule has 2 aliphatic heterocycles. The predicted octanol–water partition coefficient (Wildman–Crippen LogP) is 4.40. The minimum atomic E-state index is -0.519. The molecule has 0 aromatic heterocycles. The van der Waals surface area contributed by atoms with E-state index in [-0.39, 0.29) is 30.9 Å². The molecule has 7 nitrogen and oxygen atoms in total. The summed E-state index contributed by atoms with van der Waals surface area (Å²) >= 11 is 6.34. The van der Waals surface area contributed by atoms with Crippen molar-refractivity contribution in [3.8, 4) is 11.5 Å². The molecule has 2 saturated heterocycles. The molecule has 2 heterocycles. The normalized spacial score (nSPS) is 20.5. The molecule has 2 aromatic rings. The Kier molecular flexibility index (Phi) is 8.98. The van der Waals surface area contributed by atoms with Gasteiger partial charge in [-0.2, -0.15) is 0 Å². The summed E-state index contributed by atoms with van der Waals surface area (Å²) in [6.45, 7) is 6.33. The molecule has 2 aromatic carbocycles. The van der Waals surface area contributed by atoms with Crippen LogP contribution in [-0.2, 0) is 9.59 Å². The van der Waals surface area contributed by atoms with Gasteiger partial charge in [-0.15, -0.1) is 0 Å². The average Bonchev–Trinajstić information content (AvgIpc) is 2.90. The zero-order valence-electron chi connectivity index (χ0n) is 21.7. The molecule has 2 fully saturated rings. The number of ether oxygens (including phenoxy) is 2. The van der Waals surface area contributed by atoms with E-state index in [0.29, 0.717) is 57.1 Å². The second kappa shape index (κ2) is 12.2. The lowest BCUT2D eigenvalue weighted by atomic mass is 9.77. The molecule has 0 aliphatic carbocycles. The fourth-order valence-electron chi connectivity index (χ4n) is 5.26. The maximum absolute atomic E-state index is 13.4. The number of carbonyl (C=O) groups excluding carboxylic acids is 2. The van der Waals surface area contributed by atoms with Crippen LogP contribution in [0.3, 0.4) is 0 Å². The van der Waals surface area contributed by atoms with Crippen LogP contribution >= 0.6 is 11.6 Å². The van der Waals surface area contributed by atoms with E-state index in [1.54, 1.807) is 4.90 Å². The first kappa shape index (κ1) is 27.3. The number of nitrogens with zero attached hydrogens (tertiary/aromatic N) is 2. The van der Waals surface area contributed by atoms with Gasteiger partial charge in [-0.25, -0.2) is 0 Å². The molecule has 0 saturated carbocycles. The Balaban J connectivity index is 1.48. The van der Waals surface area contributed by atoms with Gasteiger partial charge in [0.05, 0.1) is 12.7 Å². The fourth-order valence-corrected chi connectivity index (χ4v) is 5.37. The molecule has 0 bridgehead atoms. The summed E-state index contributed by atoms with van der Waals surface area (Å²) < 4.78 is 12.0. The summed E-state index contributed by atoms with van der Waals surface area (Å²) in [6.07, 6.45) is 2.71. The Morgan fingerprint density at radius 3 is 2.32 bits per heavy atom. The number of likely N-dealkylation sites (tertiary alicyclic amines) is 2. The number of piperidine rings is 2. The fraction of sp³-hybridized carbons (Fsp3) is 0.517. The van der Waals surface area contributed by atoms with E-state index in [1.165, 1.54) is 0 Å². The van der Waals surface area contributed by atoms with E-state index in [2.05, 4.69) is 0 Å². The minimum Gasteiger partial charge on any atom is -0.493 e. The molecule has 37 heavy (non-hydrogen) atoms. The van der Waals surface area contributed by atoms with Crippen LogP contribution in [0.5, 0.6) is 11.5 Å². The number of para-hydroxylation sites is 1. The van der Waals surface area contributed by atoms with Gasteiger partial charge < -0.3 is 24.4 Å². The Morgan fingerprint density at radius 2 is 1.65 bits per heavy atom. The van der Waals surface area contributed by atoms with E-state index in [4.69, 9.17) is 21.1 Å². The Morgan fingerprint density at radius 1 is 0.973 bits per heavy atom. The highest BCUT2D eigenvalue weighted by molar-refractivity contribution is 6.32. The highest BCUT2D eigenvalue weighted by Gasteiger charge is 2.41. The lowest BCUT2D eigenvalue weighted by molar-refractivity contribution is -0.143. The van der Waals surface area contributed by atoms with E-state index in [0.717, 1.165) is 29.0 Å². The van der Waals surface area contributed by atoms with Crippen molar-refractivity contribution in [3.63, 3.8) is 0 Å². The standard InChI is InChI=1S/C29H37ClN2O5/c1-21-15-25(16-22(2)28(21)30)37-20-29(17-26(34)31-13-9-23(33)10-14-31)11-6-12-32(19-29)27(35)18-36-24-7-4-3-5-8-24/h3-5,7-8,15-16,23,33H,6,9-14,17-20H2,1-2H3/t29-/m0/s1. The van der Waals surface area contributed by atoms with Crippen LogP contribution in [0.15, 0.2) is 42.5 Å². The van der Waals surface area contributed by atoms with Gasteiger partial charge in [0.25, 0.3) is 5.91 Å². The molecule has 1 N–H and O–H groups in total. The van der Waals surface area contributed by atoms with Crippen LogP contribution in [0.2, 0.25) is 5.02 Å². The van der Waals surface area contributed by atoms with E-state index in [1.807, 2.05) is 61.2 Å². The first-order valence-electron chi connectivity index (χ1n) is 13.1. The first-order chi connectivity index (χ1) is 17.7. The van der Waals surface area contributed by atoms with Gasteiger partial charge in [-0.3, -0.25) is 9.59 Å². The molecule has 0 spiro atoms. The summed E-state index contributed by atoms with van der Waals surface area (Å²) in [5, 5.41) is 10.6. The number of rotatable bonds is 8. The molecule has 2 amide bonds. The molecule has 0 radical (unpaired) electrons. The molecule has 8 heteroatoms. The van der Waals surface area contributed by atoms with Crippen LogP contribution in [0.25, 0.3) is 0 Å². The van der Waals surface area contributed by atoms with Crippen molar-refractivity contribution in [2.24, 2.45) is 5.41 Å². The average molecular weight is 529 g/mol. The summed E-state index contributed by atoms with van der Waals surface area (Å²) in [5.41, 5.74) is 1.36. The van der Waals surface area contributed by atoms with Gasteiger partial charge in [0.1, 0.15) is 11.5 Å². The highest BCUT2D eigenvalue weighted by atomic mass is 35.5. The number of aliphatic hydroxyl groups excluding tert-OH is 1. The number of benzene rings is 2. The topological polar surface area (TPSA) is 79.3 Å². The first-order valence-corrected chi connectivity index (χ1v) is 13.4. The summed E-state index contributed by atoms with van der Waals surface area (Å²) in [4.78, 5) is 30.1. The number of amides is 2. The maximum Gasteiger partial charge on any atom is 0.260 e. The lowest BCUT2D eigenvalue weighted by Gasteiger charge is -2.43. The third-order valence-corrected chi connectivity index (χ3v) is 8.01. The molecule has 200 valence electrons. The molecule has 2 aliphatic rings. The van der Waals surface area contributed by atoms with Crippen LogP contribution in [0.4, 0.5) is 0 Å². The third-order valence-electron chi connectivity index (χ3n) is 7.42. The zero-order chi connectivity index (χ0) is 26.4. The van der Waals surface area contributed by atoms with Crippen LogP contribution in [0.1, 0.15) is 43.2 Å². The molecule has 0 unspecified atom stereocenters. The van der Waals surface area contributed by atoms with Crippen molar-refractivity contribution >= 4 is 23.4 Å². The van der Waals surface area contributed by atoms with Gasteiger partial charge in [0, 0.05) is 43.0 Å².